The van der Waals surface area contributed by atoms with Crippen LogP contribution in [0.2, 0.25) is 0 Å². The number of sulfonamides is 2. The second-order valence-corrected chi connectivity index (χ2v) is 11.1. The number of rotatable bonds is 8. The maximum Gasteiger partial charge on any atom is 0.243 e. The molecule has 1 saturated heterocycles. The van der Waals surface area contributed by atoms with Gasteiger partial charge in [-0.2, -0.15) is 8.61 Å². The van der Waals surface area contributed by atoms with E-state index in [9.17, 15) is 21.6 Å². The predicted octanol–water partition coefficient (Wildman–Crippen LogP) is 1.71. The SMILES string of the molecule is CCN(CC)S(=O)(=O)c1ccc(C(C)NC(=O)C2CCCCN2S(C)(=O)=O)cc1. The number of nitrogens with zero attached hydrogens (tertiary/aromatic N) is 2. The Labute approximate surface area is 174 Å². The van der Waals surface area contributed by atoms with Crippen molar-refractivity contribution in [2.75, 3.05) is 25.9 Å². The molecule has 2 rings (SSSR count). The molecule has 1 aliphatic heterocycles. The molecule has 1 aromatic rings. The molecule has 1 amide bonds. The van der Waals surface area contributed by atoms with Crippen LogP contribution in [-0.4, -0.2) is 63.3 Å². The van der Waals surface area contributed by atoms with Gasteiger partial charge in [0, 0.05) is 19.6 Å². The monoisotopic (exact) mass is 445 g/mol. The van der Waals surface area contributed by atoms with E-state index in [4.69, 9.17) is 0 Å². The Hall–Kier alpha value is -1.49. The normalized spacial score (nSPS) is 19.8. The van der Waals surface area contributed by atoms with Gasteiger partial charge in [0.15, 0.2) is 0 Å². The van der Waals surface area contributed by atoms with Crippen LogP contribution in [-0.2, 0) is 24.8 Å². The molecule has 1 N–H and O–H groups in total. The first-order valence-electron chi connectivity index (χ1n) is 9.89. The van der Waals surface area contributed by atoms with Crippen molar-refractivity contribution in [2.45, 2.75) is 57.0 Å². The third-order valence-electron chi connectivity index (χ3n) is 5.26. The Balaban J connectivity index is 2.13. The van der Waals surface area contributed by atoms with Gasteiger partial charge in [-0.05, 0) is 37.5 Å². The summed E-state index contributed by atoms with van der Waals surface area (Å²) < 4.78 is 51.8. The minimum Gasteiger partial charge on any atom is -0.348 e. The number of hydrogen-bond donors (Lipinski definition) is 1. The average molecular weight is 446 g/mol. The summed E-state index contributed by atoms with van der Waals surface area (Å²) in [5.41, 5.74) is 0.749. The summed E-state index contributed by atoms with van der Waals surface area (Å²) in [4.78, 5) is 12.9. The van der Waals surface area contributed by atoms with Crippen molar-refractivity contribution in [3.63, 3.8) is 0 Å². The highest BCUT2D eigenvalue weighted by Gasteiger charge is 2.35. The number of hydrogen-bond acceptors (Lipinski definition) is 5. The molecule has 0 bridgehead atoms. The van der Waals surface area contributed by atoms with Gasteiger partial charge in [0.1, 0.15) is 6.04 Å². The zero-order valence-corrected chi connectivity index (χ0v) is 19.1. The Kier molecular flexibility index (Phi) is 7.83. The van der Waals surface area contributed by atoms with Crippen molar-refractivity contribution in [3.05, 3.63) is 29.8 Å². The number of carbonyl (C=O) groups excluding carboxylic acids is 1. The number of benzene rings is 1. The van der Waals surface area contributed by atoms with E-state index in [0.717, 1.165) is 24.7 Å². The van der Waals surface area contributed by atoms with Crippen LogP contribution in [0.5, 0.6) is 0 Å². The van der Waals surface area contributed by atoms with Crippen LogP contribution in [0, 0.1) is 0 Å². The largest absolute Gasteiger partial charge is 0.348 e. The van der Waals surface area contributed by atoms with Crippen LogP contribution in [0.1, 0.15) is 51.6 Å². The van der Waals surface area contributed by atoms with Crippen LogP contribution in [0.3, 0.4) is 0 Å². The molecule has 0 aromatic heterocycles. The van der Waals surface area contributed by atoms with Gasteiger partial charge in [0.2, 0.25) is 26.0 Å². The molecule has 164 valence electrons. The third kappa shape index (κ3) is 5.56. The zero-order chi connectivity index (χ0) is 21.8. The van der Waals surface area contributed by atoms with Gasteiger partial charge in [-0.15, -0.1) is 0 Å². The molecule has 8 nitrogen and oxygen atoms in total. The summed E-state index contributed by atoms with van der Waals surface area (Å²) in [5, 5.41) is 2.87. The van der Waals surface area contributed by atoms with Gasteiger partial charge < -0.3 is 5.32 Å². The highest BCUT2D eigenvalue weighted by atomic mass is 32.2. The highest BCUT2D eigenvalue weighted by molar-refractivity contribution is 7.89. The molecular weight excluding hydrogens is 414 g/mol. The number of piperidine rings is 1. The van der Waals surface area contributed by atoms with Gasteiger partial charge in [0.25, 0.3) is 0 Å². The molecule has 0 spiro atoms. The molecule has 1 heterocycles. The first-order valence-corrected chi connectivity index (χ1v) is 13.2. The first kappa shape index (κ1) is 23.8. The Bertz CT molecular complexity index is 910. The Morgan fingerprint density at radius 2 is 1.72 bits per heavy atom. The molecule has 0 saturated carbocycles. The summed E-state index contributed by atoms with van der Waals surface area (Å²) in [6.45, 7) is 6.51. The minimum absolute atomic E-state index is 0.207. The predicted molar refractivity (Wildman–Crippen MR) is 112 cm³/mol. The Morgan fingerprint density at radius 3 is 2.24 bits per heavy atom. The van der Waals surface area contributed by atoms with Crippen molar-refractivity contribution in [3.8, 4) is 0 Å². The molecular formula is C19H31N3O5S2. The van der Waals surface area contributed by atoms with Crippen LogP contribution in [0.4, 0.5) is 0 Å². The van der Waals surface area contributed by atoms with Gasteiger partial charge in [0.05, 0.1) is 17.2 Å². The van der Waals surface area contributed by atoms with Crippen molar-refractivity contribution < 1.29 is 21.6 Å². The van der Waals surface area contributed by atoms with Crippen molar-refractivity contribution in [1.82, 2.24) is 13.9 Å². The van der Waals surface area contributed by atoms with Gasteiger partial charge in [-0.25, -0.2) is 16.8 Å². The summed E-state index contributed by atoms with van der Waals surface area (Å²) >= 11 is 0. The van der Waals surface area contributed by atoms with Gasteiger partial charge in [-0.3, -0.25) is 4.79 Å². The molecule has 2 atom stereocenters. The average Bonchev–Trinajstić information content (AvgIpc) is 2.68. The quantitative estimate of drug-likeness (QED) is 0.656. The lowest BCUT2D eigenvalue weighted by atomic mass is 10.0. The van der Waals surface area contributed by atoms with Crippen molar-refractivity contribution >= 4 is 26.0 Å². The summed E-state index contributed by atoms with van der Waals surface area (Å²) in [6.07, 6.45) is 3.16. The van der Waals surface area contributed by atoms with Gasteiger partial charge >= 0.3 is 0 Å². The third-order valence-corrected chi connectivity index (χ3v) is 8.62. The molecule has 2 unspecified atom stereocenters. The fraction of sp³-hybridized carbons (Fsp3) is 0.632. The summed E-state index contributed by atoms with van der Waals surface area (Å²) in [6, 6.07) is 5.34. The second kappa shape index (κ2) is 9.55. The number of nitrogens with one attached hydrogen (secondary N) is 1. The van der Waals surface area contributed by atoms with E-state index >= 15 is 0 Å². The second-order valence-electron chi connectivity index (χ2n) is 7.27. The topological polar surface area (TPSA) is 104 Å². The van der Waals surface area contributed by atoms with E-state index in [-0.39, 0.29) is 16.8 Å². The number of carbonyl (C=O) groups is 1. The molecule has 10 heteroatoms. The van der Waals surface area contributed by atoms with E-state index in [0.29, 0.717) is 26.1 Å². The molecule has 0 aliphatic carbocycles. The van der Waals surface area contributed by atoms with Crippen LogP contribution >= 0.6 is 0 Å². The van der Waals surface area contributed by atoms with E-state index < -0.39 is 26.1 Å². The lowest BCUT2D eigenvalue weighted by Crippen LogP contribution is -2.51. The van der Waals surface area contributed by atoms with Crippen LogP contribution < -0.4 is 5.32 Å². The van der Waals surface area contributed by atoms with Gasteiger partial charge in [-0.1, -0.05) is 32.4 Å². The maximum absolute atomic E-state index is 12.7. The Morgan fingerprint density at radius 1 is 1.14 bits per heavy atom. The first-order chi connectivity index (χ1) is 13.5. The fourth-order valence-electron chi connectivity index (χ4n) is 3.60. The molecule has 1 aromatic carbocycles. The van der Waals surface area contributed by atoms with Crippen molar-refractivity contribution in [1.29, 1.82) is 0 Å². The fourth-order valence-corrected chi connectivity index (χ4v) is 6.18. The smallest absolute Gasteiger partial charge is 0.243 e. The minimum atomic E-state index is -3.53. The summed E-state index contributed by atoms with van der Waals surface area (Å²) in [5.74, 6) is -0.331. The molecule has 29 heavy (non-hydrogen) atoms. The van der Waals surface area contributed by atoms with E-state index in [1.165, 1.54) is 20.7 Å². The molecule has 1 aliphatic rings. The molecule has 1 fully saturated rings. The van der Waals surface area contributed by atoms with Crippen molar-refractivity contribution in [2.24, 2.45) is 0 Å². The highest BCUT2D eigenvalue weighted by Crippen LogP contribution is 2.23. The molecule has 0 radical (unpaired) electrons. The summed E-state index contributed by atoms with van der Waals surface area (Å²) in [7, 11) is -6.99. The zero-order valence-electron chi connectivity index (χ0n) is 17.5. The maximum atomic E-state index is 12.7. The van der Waals surface area contributed by atoms with E-state index in [2.05, 4.69) is 5.32 Å². The van der Waals surface area contributed by atoms with E-state index in [1.807, 2.05) is 0 Å². The van der Waals surface area contributed by atoms with Crippen LogP contribution in [0.15, 0.2) is 29.2 Å². The van der Waals surface area contributed by atoms with Crippen LogP contribution in [0.25, 0.3) is 0 Å². The lowest BCUT2D eigenvalue weighted by molar-refractivity contribution is -0.126. The van der Waals surface area contributed by atoms with E-state index in [1.54, 1.807) is 32.9 Å². The standard InChI is InChI=1S/C19H31N3O5S2/c1-5-21(6-2)29(26,27)17-12-10-16(11-13-17)15(3)20-19(23)18-9-7-8-14-22(18)28(4,24)25/h10-13,15,18H,5-9,14H2,1-4H3,(H,20,23). The lowest BCUT2D eigenvalue weighted by Gasteiger charge is -2.33. The number of amides is 1.